The molecule has 0 radical (unpaired) electrons. The zero-order valence-electron chi connectivity index (χ0n) is 10.3. The average Bonchev–Trinajstić information content (AvgIpc) is 2.25. The number of benzene rings is 1. The van der Waals surface area contributed by atoms with Crippen molar-refractivity contribution in [3.05, 3.63) is 35.9 Å². The number of carbonyl (C=O) groups is 1. The molecule has 0 aliphatic heterocycles. The van der Waals surface area contributed by atoms with Gasteiger partial charge in [-0.15, -0.1) is 0 Å². The van der Waals surface area contributed by atoms with Gasteiger partial charge in [-0.2, -0.15) is 0 Å². The molecule has 3 heteroatoms. The highest BCUT2D eigenvalue weighted by molar-refractivity contribution is 5.80. The maximum atomic E-state index is 10.6. The van der Waals surface area contributed by atoms with Crippen molar-refractivity contribution in [2.45, 2.75) is 0 Å². The van der Waals surface area contributed by atoms with E-state index in [0.717, 1.165) is 23.2 Å². The number of nitrogens with zero attached hydrogens (tertiary/aromatic N) is 2. The number of aldehydes is 1. The normalized spacial score (nSPS) is 11.1. The van der Waals surface area contributed by atoms with Crippen LogP contribution >= 0.6 is 0 Å². The molecule has 1 aromatic rings. The minimum Gasteiger partial charge on any atom is -0.378 e. The largest absolute Gasteiger partial charge is 0.378 e. The van der Waals surface area contributed by atoms with Gasteiger partial charge in [0.1, 0.15) is 6.29 Å². The third-order valence-electron chi connectivity index (χ3n) is 2.39. The quantitative estimate of drug-likeness (QED) is 0.569. The van der Waals surface area contributed by atoms with E-state index >= 15 is 0 Å². The van der Waals surface area contributed by atoms with Crippen LogP contribution in [0.4, 0.5) is 5.69 Å². The first-order valence-corrected chi connectivity index (χ1v) is 5.17. The Balaban J connectivity index is 3.04. The highest BCUT2D eigenvalue weighted by Crippen LogP contribution is 2.19. The molecule has 0 amide bonds. The topological polar surface area (TPSA) is 23.6 Å². The van der Waals surface area contributed by atoms with E-state index in [-0.39, 0.29) is 0 Å². The van der Waals surface area contributed by atoms with E-state index in [4.69, 9.17) is 0 Å². The zero-order chi connectivity index (χ0) is 12.1. The van der Waals surface area contributed by atoms with E-state index in [0.29, 0.717) is 0 Å². The van der Waals surface area contributed by atoms with Gasteiger partial charge in [-0.05, 0) is 17.7 Å². The van der Waals surface area contributed by atoms with Crippen molar-refractivity contribution in [3.63, 3.8) is 0 Å². The van der Waals surface area contributed by atoms with Crippen molar-refractivity contribution >= 4 is 17.7 Å². The van der Waals surface area contributed by atoms with Crippen molar-refractivity contribution in [3.8, 4) is 0 Å². The molecule has 1 rings (SSSR count). The van der Waals surface area contributed by atoms with Crippen LogP contribution in [0, 0.1) is 0 Å². The van der Waals surface area contributed by atoms with Crippen LogP contribution in [0.3, 0.4) is 0 Å². The second-order valence-electron chi connectivity index (χ2n) is 4.02. The van der Waals surface area contributed by atoms with Crippen molar-refractivity contribution in [2.24, 2.45) is 0 Å². The molecule has 0 saturated heterocycles. The Kier molecular flexibility index (Phi) is 4.11. The first kappa shape index (κ1) is 12.3. The Morgan fingerprint density at radius 3 is 2.00 bits per heavy atom. The van der Waals surface area contributed by atoms with E-state index in [1.807, 2.05) is 62.3 Å². The molecule has 0 heterocycles. The van der Waals surface area contributed by atoms with E-state index < -0.39 is 0 Å². The Morgan fingerprint density at radius 1 is 1.06 bits per heavy atom. The molecule has 0 aliphatic rings. The summed E-state index contributed by atoms with van der Waals surface area (Å²) in [5.41, 5.74) is 3.11. The Labute approximate surface area is 97.0 Å². The van der Waals surface area contributed by atoms with Gasteiger partial charge in [-0.3, -0.25) is 4.79 Å². The lowest BCUT2D eigenvalue weighted by atomic mass is 10.1. The summed E-state index contributed by atoms with van der Waals surface area (Å²) in [6, 6.07) is 8.12. The molecular formula is C13H18N2O. The SMILES string of the molecule is CN(C)C(=CC=O)c1ccc(N(C)C)cc1. The van der Waals surface area contributed by atoms with Crippen molar-refractivity contribution in [1.82, 2.24) is 4.90 Å². The van der Waals surface area contributed by atoms with Gasteiger partial charge in [-0.1, -0.05) is 12.1 Å². The minimum atomic E-state index is 0.815. The summed E-state index contributed by atoms with van der Waals surface area (Å²) in [7, 11) is 7.86. The summed E-state index contributed by atoms with van der Waals surface area (Å²) in [6.07, 6.45) is 2.39. The fourth-order valence-corrected chi connectivity index (χ4v) is 1.50. The molecule has 3 nitrogen and oxygen atoms in total. The maximum Gasteiger partial charge on any atom is 0.144 e. The number of allylic oxidation sites excluding steroid dienone is 1. The Bertz CT molecular complexity index is 377. The van der Waals surface area contributed by atoms with Gasteiger partial charge in [0.15, 0.2) is 0 Å². The fourth-order valence-electron chi connectivity index (χ4n) is 1.50. The molecule has 0 spiro atoms. The van der Waals surface area contributed by atoms with Crippen molar-refractivity contribution < 1.29 is 4.79 Å². The number of rotatable bonds is 4. The molecule has 0 bridgehead atoms. The standard InChI is InChI=1S/C13H18N2O/c1-14(2)12-7-5-11(6-8-12)13(9-10-16)15(3)4/h5-10H,1-4H3. The molecule has 0 aliphatic carbocycles. The molecule has 16 heavy (non-hydrogen) atoms. The van der Waals surface area contributed by atoms with Gasteiger partial charge in [0, 0.05) is 45.7 Å². The first-order chi connectivity index (χ1) is 7.56. The van der Waals surface area contributed by atoms with E-state index in [9.17, 15) is 4.79 Å². The summed E-state index contributed by atoms with van der Waals surface area (Å²) in [5, 5.41) is 0. The van der Waals surface area contributed by atoms with Crippen LogP contribution in [0.1, 0.15) is 5.56 Å². The second kappa shape index (κ2) is 5.35. The van der Waals surface area contributed by atoms with Crippen LogP contribution in [0.15, 0.2) is 30.3 Å². The lowest BCUT2D eigenvalue weighted by Gasteiger charge is -2.18. The lowest BCUT2D eigenvalue weighted by Crippen LogP contribution is -2.11. The van der Waals surface area contributed by atoms with Crippen molar-refractivity contribution in [2.75, 3.05) is 33.1 Å². The highest BCUT2D eigenvalue weighted by atomic mass is 16.1. The van der Waals surface area contributed by atoms with E-state index in [2.05, 4.69) is 0 Å². The Morgan fingerprint density at radius 2 is 1.62 bits per heavy atom. The number of hydrogen-bond acceptors (Lipinski definition) is 3. The van der Waals surface area contributed by atoms with Gasteiger partial charge in [0.25, 0.3) is 0 Å². The predicted octanol–water partition coefficient (Wildman–Crippen LogP) is 1.85. The molecule has 0 N–H and O–H groups in total. The Hall–Kier alpha value is -1.77. The summed E-state index contributed by atoms with van der Waals surface area (Å²) in [6.45, 7) is 0. The van der Waals surface area contributed by atoms with Crippen molar-refractivity contribution in [1.29, 1.82) is 0 Å². The van der Waals surface area contributed by atoms with Crippen LogP contribution in [0.5, 0.6) is 0 Å². The van der Waals surface area contributed by atoms with Gasteiger partial charge in [0.2, 0.25) is 0 Å². The van der Waals surface area contributed by atoms with E-state index in [1.54, 1.807) is 6.08 Å². The maximum absolute atomic E-state index is 10.6. The molecule has 0 atom stereocenters. The molecule has 0 saturated carbocycles. The molecule has 0 aromatic heterocycles. The predicted molar refractivity (Wildman–Crippen MR) is 68.5 cm³/mol. The summed E-state index contributed by atoms with van der Waals surface area (Å²) in [4.78, 5) is 14.5. The van der Waals surface area contributed by atoms with Crippen LogP contribution in [-0.2, 0) is 4.79 Å². The number of hydrogen-bond donors (Lipinski definition) is 0. The van der Waals surface area contributed by atoms with Gasteiger partial charge in [0.05, 0.1) is 0 Å². The fraction of sp³-hybridized carbons (Fsp3) is 0.308. The summed E-state index contributed by atoms with van der Waals surface area (Å²) >= 11 is 0. The highest BCUT2D eigenvalue weighted by Gasteiger charge is 2.03. The third-order valence-corrected chi connectivity index (χ3v) is 2.39. The van der Waals surface area contributed by atoms with Crippen LogP contribution in [0.2, 0.25) is 0 Å². The van der Waals surface area contributed by atoms with Crippen LogP contribution in [-0.4, -0.2) is 39.4 Å². The third kappa shape index (κ3) is 2.86. The second-order valence-corrected chi connectivity index (χ2v) is 4.02. The van der Waals surface area contributed by atoms with Crippen LogP contribution in [0.25, 0.3) is 5.70 Å². The number of anilines is 1. The molecule has 86 valence electrons. The monoisotopic (exact) mass is 218 g/mol. The van der Waals surface area contributed by atoms with Gasteiger partial charge < -0.3 is 9.80 Å². The smallest absolute Gasteiger partial charge is 0.144 e. The van der Waals surface area contributed by atoms with E-state index in [1.165, 1.54) is 0 Å². The van der Waals surface area contributed by atoms with Gasteiger partial charge >= 0.3 is 0 Å². The van der Waals surface area contributed by atoms with Gasteiger partial charge in [-0.25, -0.2) is 0 Å². The average molecular weight is 218 g/mol. The first-order valence-electron chi connectivity index (χ1n) is 5.17. The summed E-state index contributed by atoms with van der Waals surface area (Å²) < 4.78 is 0. The molecule has 0 unspecified atom stereocenters. The summed E-state index contributed by atoms with van der Waals surface area (Å²) in [5.74, 6) is 0. The minimum absolute atomic E-state index is 0.815. The molecule has 0 fully saturated rings. The molecular weight excluding hydrogens is 200 g/mol. The van der Waals surface area contributed by atoms with Crippen LogP contribution < -0.4 is 4.90 Å². The number of carbonyl (C=O) groups excluding carboxylic acids is 1. The zero-order valence-corrected chi connectivity index (χ0v) is 10.3. The lowest BCUT2D eigenvalue weighted by molar-refractivity contribution is -0.104. The molecule has 1 aromatic carbocycles.